The van der Waals surface area contributed by atoms with Crippen LogP contribution >= 0.6 is 34.8 Å². The van der Waals surface area contributed by atoms with E-state index in [1.165, 1.54) is 12.1 Å². The first kappa shape index (κ1) is 27.2. The average Bonchev–Trinajstić information content (AvgIpc) is 3.28. The van der Waals surface area contributed by atoms with Gasteiger partial charge in [0.2, 0.25) is 0 Å². The maximum atomic E-state index is 13.1. The number of halogens is 6. The fourth-order valence-electron chi connectivity index (χ4n) is 5.92. The highest BCUT2D eigenvalue weighted by Crippen LogP contribution is 2.57. The molecule has 0 bridgehead atoms. The smallest absolute Gasteiger partial charge is 0.416 e. The molecule has 0 radical (unpaired) electrons. The Morgan fingerprint density at radius 1 is 0.850 bits per heavy atom. The Hall–Kier alpha value is -3.03. The van der Waals surface area contributed by atoms with Crippen molar-refractivity contribution in [3.05, 3.63) is 122 Å². The monoisotopic (exact) mass is 600 g/mol. The fraction of sp³-hybridized carbons (Fsp3) is 0.194. The fourth-order valence-corrected chi connectivity index (χ4v) is 6.47. The molecule has 3 nitrogen and oxygen atoms in total. The number of rotatable bonds is 4. The summed E-state index contributed by atoms with van der Waals surface area (Å²) in [4.78, 5) is 4.82. The predicted octanol–water partition coefficient (Wildman–Crippen LogP) is 9.93. The highest BCUT2D eigenvalue weighted by Gasteiger charge is 2.53. The first-order chi connectivity index (χ1) is 19.1. The summed E-state index contributed by atoms with van der Waals surface area (Å²) in [6, 6.07) is 23.1. The van der Waals surface area contributed by atoms with Gasteiger partial charge in [0, 0.05) is 32.8 Å². The van der Waals surface area contributed by atoms with Crippen molar-refractivity contribution < 1.29 is 17.9 Å². The molecule has 0 unspecified atom stereocenters. The van der Waals surface area contributed by atoms with Crippen LogP contribution in [0, 0.1) is 0 Å². The van der Waals surface area contributed by atoms with E-state index in [2.05, 4.69) is 11.4 Å². The van der Waals surface area contributed by atoms with Gasteiger partial charge in [-0.25, -0.2) is 0 Å². The zero-order valence-electron chi connectivity index (χ0n) is 20.9. The van der Waals surface area contributed by atoms with E-state index in [1.807, 2.05) is 48.7 Å². The number of ether oxygens (including phenoxy) is 1. The van der Waals surface area contributed by atoms with E-state index >= 15 is 0 Å². The molecule has 2 heterocycles. The summed E-state index contributed by atoms with van der Waals surface area (Å²) >= 11 is 19.3. The minimum atomic E-state index is -4.43. The third-order valence-corrected chi connectivity index (χ3v) is 8.33. The molecule has 3 atom stereocenters. The van der Waals surface area contributed by atoms with Gasteiger partial charge in [0.1, 0.15) is 11.5 Å². The number of benzene rings is 4. The summed E-state index contributed by atoms with van der Waals surface area (Å²) in [5.41, 5.74) is 2.20. The van der Waals surface area contributed by atoms with Crippen LogP contribution in [0.3, 0.4) is 0 Å². The van der Waals surface area contributed by atoms with Crippen molar-refractivity contribution in [2.24, 2.45) is 4.99 Å². The summed E-state index contributed by atoms with van der Waals surface area (Å²) < 4.78 is 45.6. The van der Waals surface area contributed by atoms with E-state index < -0.39 is 17.2 Å². The minimum absolute atomic E-state index is 0.0125. The Morgan fingerprint density at radius 3 is 2.33 bits per heavy atom. The number of fused-ring (bicyclic) bond motifs is 2. The zero-order chi connectivity index (χ0) is 28.1. The minimum Gasteiger partial charge on any atom is -0.457 e. The molecule has 0 amide bonds. The molecule has 204 valence electrons. The lowest BCUT2D eigenvalue weighted by atomic mass is 9.60. The van der Waals surface area contributed by atoms with Crippen molar-refractivity contribution in [1.82, 2.24) is 5.32 Å². The molecule has 0 aromatic heterocycles. The van der Waals surface area contributed by atoms with Crippen molar-refractivity contribution in [2.75, 3.05) is 6.54 Å². The molecule has 0 aliphatic carbocycles. The normalized spacial score (nSPS) is 21.9. The summed E-state index contributed by atoms with van der Waals surface area (Å²) in [6.07, 6.45) is -1.66. The molecule has 1 saturated heterocycles. The summed E-state index contributed by atoms with van der Waals surface area (Å²) in [5, 5.41) is 5.41. The Kier molecular flexibility index (Phi) is 7.07. The summed E-state index contributed by atoms with van der Waals surface area (Å²) in [6.45, 7) is 0.687. The summed E-state index contributed by atoms with van der Waals surface area (Å²) in [7, 11) is 0. The van der Waals surface area contributed by atoms with Gasteiger partial charge in [0.15, 0.2) is 0 Å². The SMILES string of the molecule is FC(F)(F)c1ccc(Oc2ccc(Cl)cc2[C@@H]2NCC[C@@H](c3cccc(Cl)c3)[C@]23C=Nc2cc(Cl)ccc23)cc1. The van der Waals surface area contributed by atoms with Crippen LogP contribution in [0.2, 0.25) is 15.1 Å². The molecule has 9 heteroatoms. The molecule has 0 saturated carbocycles. The van der Waals surface area contributed by atoms with Gasteiger partial charge in [0.05, 0.1) is 22.7 Å². The van der Waals surface area contributed by atoms with Crippen LogP contribution < -0.4 is 10.1 Å². The number of aliphatic imine (C=N–C) groups is 1. The van der Waals surface area contributed by atoms with Gasteiger partial charge in [-0.1, -0.05) is 53.0 Å². The number of nitrogens with one attached hydrogen (secondary N) is 1. The van der Waals surface area contributed by atoms with Gasteiger partial charge < -0.3 is 10.1 Å². The highest BCUT2D eigenvalue weighted by atomic mass is 35.5. The van der Waals surface area contributed by atoms with Crippen molar-refractivity contribution >= 4 is 46.7 Å². The number of alkyl halides is 3. The zero-order valence-corrected chi connectivity index (χ0v) is 23.1. The standard InChI is InChI=1S/C31H22Cl3F3N2O/c32-20-3-1-2-18(14-20)25-12-13-38-29(30(25)17-39-27-16-22(34)6-10-26(27)30)24-15-21(33)7-11-28(24)40-23-8-4-19(5-9-23)31(35,36)37/h1-11,14-17,25,29,38H,12-13H2/t25-,29-,30-/m0/s1. The molecule has 1 N–H and O–H groups in total. The van der Waals surface area contributed by atoms with Crippen LogP contribution in [0.4, 0.5) is 18.9 Å². The van der Waals surface area contributed by atoms with E-state index in [0.29, 0.717) is 27.4 Å². The Balaban J connectivity index is 1.49. The van der Waals surface area contributed by atoms with Gasteiger partial charge in [0.25, 0.3) is 0 Å². The van der Waals surface area contributed by atoms with E-state index in [0.717, 1.165) is 40.9 Å². The molecular weight excluding hydrogens is 580 g/mol. The molecule has 2 aliphatic rings. The first-order valence-corrected chi connectivity index (χ1v) is 13.8. The lowest BCUT2D eigenvalue weighted by Crippen LogP contribution is -2.51. The molecule has 40 heavy (non-hydrogen) atoms. The van der Waals surface area contributed by atoms with Crippen molar-refractivity contribution in [3.63, 3.8) is 0 Å². The van der Waals surface area contributed by atoms with Gasteiger partial charge >= 0.3 is 6.18 Å². The first-order valence-electron chi connectivity index (χ1n) is 12.6. The molecule has 2 aliphatic heterocycles. The number of piperidine rings is 1. The van der Waals surface area contributed by atoms with Crippen LogP contribution in [-0.2, 0) is 11.6 Å². The number of nitrogens with zero attached hydrogens (tertiary/aromatic N) is 1. The van der Waals surface area contributed by atoms with Gasteiger partial charge in [-0.05, 0) is 90.8 Å². The molecular formula is C31H22Cl3F3N2O. The van der Waals surface area contributed by atoms with Crippen LogP contribution in [0.15, 0.2) is 89.9 Å². The lowest BCUT2D eigenvalue weighted by Gasteiger charge is -2.47. The van der Waals surface area contributed by atoms with E-state index in [-0.39, 0.29) is 17.7 Å². The van der Waals surface area contributed by atoms with Crippen molar-refractivity contribution in [2.45, 2.75) is 30.0 Å². The van der Waals surface area contributed by atoms with Crippen molar-refractivity contribution in [1.29, 1.82) is 0 Å². The maximum absolute atomic E-state index is 13.1. The quantitative estimate of drug-likeness (QED) is 0.253. The third-order valence-electron chi connectivity index (χ3n) is 7.62. The largest absolute Gasteiger partial charge is 0.457 e. The molecule has 1 spiro atoms. The molecule has 6 rings (SSSR count). The van der Waals surface area contributed by atoms with Gasteiger partial charge in [-0.2, -0.15) is 13.2 Å². The highest BCUT2D eigenvalue weighted by molar-refractivity contribution is 6.31. The Bertz CT molecular complexity index is 1610. The van der Waals surface area contributed by atoms with E-state index in [9.17, 15) is 13.2 Å². The second kappa shape index (κ2) is 10.4. The average molecular weight is 602 g/mol. The van der Waals surface area contributed by atoms with E-state index in [1.54, 1.807) is 12.1 Å². The molecule has 1 fully saturated rings. The maximum Gasteiger partial charge on any atom is 0.416 e. The Morgan fingerprint density at radius 2 is 1.57 bits per heavy atom. The molecule has 4 aromatic carbocycles. The number of hydrogen-bond donors (Lipinski definition) is 1. The lowest BCUT2D eigenvalue weighted by molar-refractivity contribution is -0.137. The second-order valence-electron chi connectivity index (χ2n) is 9.94. The predicted molar refractivity (Wildman–Crippen MR) is 154 cm³/mol. The Labute approximate surface area is 244 Å². The number of hydrogen-bond acceptors (Lipinski definition) is 3. The van der Waals surface area contributed by atoms with E-state index in [4.69, 9.17) is 44.5 Å². The van der Waals surface area contributed by atoms with Crippen molar-refractivity contribution in [3.8, 4) is 11.5 Å². The van der Waals surface area contributed by atoms with Crippen LogP contribution in [0.1, 0.15) is 40.6 Å². The van der Waals surface area contributed by atoms with Crippen LogP contribution in [0.5, 0.6) is 11.5 Å². The van der Waals surface area contributed by atoms with Crippen LogP contribution in [0.25, 0.3) is 0 Å². The third kappa shape index (κ3) is 4.88. The summed E-state index contributed by atoms with van der Waals surface area (Å²) in [5.74, 6) is 0.741. The molecule has 4 aromatic rings. The van der Waals surface area contributed by atoms with Crippen LogP contribution in [-0.4, -0.2) is 12.8 Å². The van der Waals surface area contributed by atoms with Gasteiger partial charge in [-0.15, -0.1) is 0 Å². The second-order valence-corrected chi connectivity index (χ2v) is 11.3. The van der Waals surface area contributed by atoms with Gasteiger partial charge in [-0.3, -0.25) is 4.99 Å². The topological polar surface area (TPSA) is 33.6 Å².